The van der Waals surface area contributed by atoms with Crippen LogP contribution in [0.25, 0.3) is 0 Å². The summed E-state index contributed by atoms with van der Waals surface area (Å²) in [5.41, 5.74) is 2.15. The van der Waals surface area contributed by atoms with Gasteiger partial charge in [-0.3, -0.25) is 4.79 Å². The highest BCUT2D eigenvalue weighted by Gasteiger charge is 2.33. The highest BCUT2D eigenvalue weighted by atomic mass is 32.2. The van der Waals surface area contributed by atoms with Gasteiger partial charge in [0.25, 0.3) is 15.9 Å². The first-order valence-corrected chi connectivity index (χ1v) is 11.5. The normalized spacial score (nSPS) is 17.3. The number of thioether (sulfide) groups is 2. The summed E-state index contributed by atoms with van der Waals surface area (Å²) in [7, 11) is -3.38. The Labute approximate surface area is 160 Å². The number of amidine groups is 1. The first kappa shape index (κ1) is 17.4. The van der Waals surface area contributed by atoms with Crippen molar-refractivity contribution in [1.29, 1.82) is 0 Å². The molecule has 0 aromatic heterocycles. The van der Waals surface area contributed by atoms with Crippen LogP contribution in [0.1, 0.15) is 10.4 Å². The van der Waals surface area contributed by atoms with E-state index < -0.39 is 10.0 Å². The zero-order valence-corrected chi connectivity index (χ0v) is 16.2. The van der Waals surface area contributed by atoms with Gasteiger partial charge in [0, 0.05) is 27.6 Å². The lowest BCUT2D eigenvalue weighted by Gasteiger charge is -2.22. The lowest BCUT2D eigenvalue weighted by atomic mass is 10.1. The van der Waals surface area contributed by atoms with E-state index in [0.717, 1.165) is 21.2 Å². The molecule has 2 aliphatic rings. The smallest absolute Gasteiger partial charge is 0.257 e. The first-order valence-electron chi connectivity index (χ1n) is 7.83. The van der Waals surface area contributed by atoms with Crippen LogP contribution in [0, 0.1) is 0 Å². The fourth-order valence-electron chi connectivity index (χ4n) is 2.75. The maximum atomic E-state index is 12.5. The van der Waals surface area contributed by atoms with Crippen molar-refractivity contribution in [1.82, 2.24) is 0 Å². The maximum Gasteiger partial charge on any atom is 0.257 e. The Morgan fingerprint density at radius 3 is 2.73 bits per heavy atom. The molecule has 26 heavy (non-hydrogen) atoms. The molecule has 0 saturated carbocycles. The molecule has 9 heteroatoms. The Bertz CT molecular complexity index is 1020. The van der Waals surface area contributed by atoms with Crippen molar-refractivity contribution >= 4 is 56.0 Å². The van der Waals surface area contributed by atoms with Crippen LogP contribution in [0.3, 0.4) is 0 Å². The van der Waals surface area contributed by atoms with E-state index in [-0.39, 0.29) is 11.7 Å². The van der Waals surface area contributed by atoms with Gasteiger partial charge in [0.1, 0.15) is 0 Å². The molecular weight excluding hydrogens is 390 g/mol. The van der Waals surface area contributed by atoms with Crippen LogP contribution < -0.4 is 10.2 Å². The van der Waals surface area contributed by atoms with E-state index in [9.17, 15) is 13.2 Å². The monoisotopic (exact) mass is 405 g/mol. The van der Waals surface area contributed by atoms with Crippen LogP contribution in [0.5, 0.6) is 0 Å². The first-order chi connectivity index (χ1) is 12.4. The van der Waals surface area contributed by atoms with Gasteiger partial charge in [0.2, 0.25) is 0 Å². The summed E-state index contributed by atoms with van der Waals surface area (Å²) in [5, 5.41) is 3.33. The molecule has 0 aliphatic carbocycles. The molecule has 2 aliphatic heterocycles. The van der Waals surface area contributed by atoms with Gasteiger partial charge in [-0.2, -0.15) is 0 Å². The Kier molecular flexibility index (Phi) is 4.45. The maximum absolute atomic E-state index is 12.5. The molecule has 134 valence electrons. The van der Waals surface area contributed by atoms with Crippen LogP contribution in [0.4, 0.5) is 11.4 Å². The molecule has 0 fully saturated rings. The quantitative estimate of drug-likeness (QED) is 0.790. The molecule has 0 bridgehead atoms. The lowest BCUT2D eigenvalue weighted by molar-refractivity contribution is 0.102. The Hall–Kier alpha value is -1.97. The number of hydrogen-bond donors (Lipinski definition) is 1. The molecule has 2 aromatic rings. The molecule has 2 heterocycles. The largest absolute Gasteiger partial charge is 0.322 e. The van der Waals surface area contributed by atoms with E-state index in [0.29, 0.717) is 17.3 Å². The standard InChI is InChI=1S/C17H15N3O3S3/c1-24-13-5-3-12(4-6-13)18-16(21)11-2-7-14-15(10-11)25-17-19-26(22,23)9-8-20(14)17/h2-7,10H,8-9H2,1H3,(H,18,21). The topological polar surface area (TPSA) is 78.8 Å². The van der Waals surface area contributed by atoms with Crippen molar-refractivity contribution in [3.8, 4) is 0 Å². The van der Waals surface area contributed by atoms with Crippen LogP contribution in [-0.2, 0) is 10.0 Å². The number of nitrogens with zero attached hydrogens (tertiary/aromatic N) is 2. The van der Waals surface area contributed by atoms with E-state index in [1.54, 1.807) is 23.9 Å². The molecular formula is C17H15N3O3S3. The van der Waals surface area contributed by atoms with Crippen LogP contribution in [0.2, 0.25) is 0 Å². The SMILES string of the molecule is CSc1ccc(NC(=O)c2ccc3c(c2)SC2=NS(=O)(=O)CCN23)cc1. The predicted molar refractivity (Wildman–Crippen MR) is 107 cm³/mol. The van der Waals surface area contributed by atoms with E-state index in [1.807, 2.05) is 41.5 Å². The molecule has 2 aromatic carbocycles. The van der Waals surface area contributed by atoms with Gasteiger partial charge in [-0.05, 0) is 60.5 Å². The van der Waals surface area contributed by atoms with Gasteiger partial charge >= 0.3 is 0 Å². The summed E-state index contributed by atoms with van der Waals surface area (Å²) in [6.45, 7) is 0.383. The van der Waals surface area contributed by atoms with Crippen LogP contribution >= 0.6 is 23.5 Å². The third kappa shape index (κ3) is 3.34. The van der Waals surface area contributed by atoms with E-state index in [1.165, 1.54) is 11.8 Å². The summed E-state index contributed by atoms with van der Waals surface area (Å²) >= 11 is 2.92. The highest BCUT2D eigenvalue weighted by Crippen LogP contribution is 2.42. The van der Waals surface area contributed by atoms with E-state index in [4.69, 9.17) is 0 Å². The minimum absolute atomic E-state index is 0.00474. The second kappa shape index (κ2) is 6.64. The van der Waals surface area contributed by atoms with Crippen molar-refractivity contribution in [2.45, 2.75) is 9.79 Å². The summed E-state index contributed by atoms with van der Waals surface area (Å²) < 4.78 is 27.2. The number of amides is 1. The number of hydrogen-bond acceptors (Lipinski definition) is 6. The van der Waals surface area contributed by atoms with Crippen LogP contribution in [-0.4, -0.2) is 38.0 Å². The Balaban J connectivity index is 1.56. The number of sulfonamides is 1. The number of carbonyl (C=O) groups is 1. The third-order valence-electron chi connectivity index (χ3n) is 4.08. The van der Waals surface area contributed by atoms with E-state index in [2.05, 4.69) is 9.71 Å². The molecule has 1 amide bonds. The van der Waals surface area contributed by atoms with E-state index >= 15 is 0 Å². The molecule has 0 radical (unpaired) electrons. The zero-order valence-electron chi connectivity index (χ0n) is 13.8. The zero-order chi connectivity index (χ0) is 18.3. The van der Waals surface area contributed by atoms with Crippen molar-refractivity contribution in [2.24, 2.45) is 4.40 Å². The van der Waals surface area contributed by atoms with Gasteiger partial charge in [0.15, 0.2) is 5.17 Å². The fraction of sp³-hybridized carbons (Fsp3) is 0.176. The number of fused-ring (bicyclic) bond motifs is 3. The number of nitrogens with one attached hydrogen (secondary N) is 1. The number of anilines is 2. The summed E-state index contributed by atoms with van der Waals surface area (Å²) in [6.07, 6.45) is 2.00. The molecule has 0 unspecified atom stereocenters. The minimum atomic E-state index is -3.38. The molecule has 0 saturated heterocycles. The van der Waals surface area contributed by atoms with Crippen molar-refractivity contribution in [3.63, 3.8) is 0 Å². The summed E-state index contributed by atoms with van der Waals surface area (Å²) in [5.74, 6) is -0.199. The molecule has 0 spiro atoms. The fourth-order valence-corrected chi connectivity index (χ4v) is 5.45. The van der Waals surface area contributed by atoms with Gasteiger partial charge < -0.3 is 10.2 Å². The minimum Gasteiger partial charge on any atom is -0.322 e. The third-order valence-corrected chi connectivity index (χ3v) is 7.13. The van der Waals surface area contributed by atoms with Crippen molar-refractivity contribution < 1.29 is 13.2 Å². The van der Waals surface area contributed by atoms with Gasteiger partial charge in [-0.1, -0.05) is 0 Å². The molecule has 0 atom stereocenters. The summed E-state index contributed by atoms with van der Waals surface area (Å²) in [4.78, 5) is 16.4. The van der Waals surface area contributed by atoms with Gasteiger partial charge in [-0.15, -0.1) is 16.2 Å². The van der Waals surface area contributed by atoms with Gasteiger partial charge in [-0.25, -0.2) is 8.42 Å². The second-order valence-corrected chi connectivity index (χ2v) is 9.42. The average molecular weight is 406 g/mol. The van der Waals surface area contributed by atoms with Crippen molar-refractivity contribution in [3.05, 3.63) is 48.0 Å². The lowest BCUT2D eigenvalue weighted by Crippen LogP contribution is -2.35. The Morgan fingerprint density at radius 1 is 1.23 bits per heavy atom. The number of carbonyl (C=O) groups excluding carboxylic acids is 1. The predicted octanol–water partition coefficient (Wildman–Crippen LogP) is 3.27. The number of rotatable bonds is 3. The average Bonchev–Trinajstić information content (AvgIpc) is 2.97. The molecule has 4 rings (SSSR count). The second-order valence-electron chi connectivity index (χ2n) is 5.78. The van der Waals surface area contributed by atoms with Crippen molar-refractivity contribution in [2.75, 3.05) is 28.8 Å². The Morgan fingerprint density at radius 2 is 2.00 bits per heavy atom. The van der Waals surface area contributed by atoms with Gasteiger partial charge in [0.05, 0.1) is 11.4 Å². The number of benzene rings is 2. The summed E-state index contributed by atoms with van der Waals surface area (Å²) in [6, 6.07) is 13.0. The highest BCUT2D eigenvalue weighted by molar-refractivity contribution is 8.15. The van der Waals surface area contributed by atoms with Crippen LogP contribution in [0.15, 0.2) is 56.7 Å². The molecule has 6 nitrogen and oxygen atoms in total. The molecule has 1 N–H and O–H groups in total.